The average Bonchev–Trinajstić information content (AvgIpc) is 3.42. The molecule has 0 bridgehead atoms. The van der Waals surface area contributed by atoms with Gasteiger partial charge in [-0.3, -0.25) is 4.79 Å². The standard InChI is InChI=1S/C30H19Br2N3O5/c1-17-6-8-18(9-7-17)28-34-24-5-3-2-4-22(24)29(36)35(28)33-15-20-12-21(31)14-23(32)27(20)40-30(37)19-10-11-25-26(13-19)39-16-38-25/h2-15H,16H2,1H3. The molecule has 0 saturated heterocycles. The molecule has 2 heterocycles. The van der Waals surface area contributed by atoms with Crippen molar-refractivity contribution in [2.24, 2.45) is 5.10 Å². The molecule has 8 nitrogen and oxygen atoms in total. The minimum atomic E-state index is -0.596. The molecular formula is C30H19Br2N3O5. The summed E-state index contributed by atoms with van der Waals surface area (Å²) in [7, 11) is 0. The van der Waals surface area contributed by atoms with Crippen LogP contribution in [-0.4, -0.2) is 28.6 Å². The van der Waals surface area contributed by atoms with E-state index >= 15 is 0 Å². The van der Waals surface area contributed by atoms with Gasteiger partial charge in [0.05, 0.1) is 27.2 Å². The Kier molecular flexibility index (Phi) is 6.95. The molecular weight excluding hydrogens is 642 g/mol. The topological polar surface area (TPSA) is 92.0 Å². The zero-order chi connectivity index (χ0) is 27.8. The zero-order valence-electron chi connectivity index (χ0n) is 20.9. The number of carbonyl (C=O) groups excluding carboxylic acids is 1. The van der Waals surface area contributed by atoms with Crippen molar-refractivity contribution in [1.82, 2.24) is 9.66 Å². The second kappa shape index (κ2) is 10.7. The van der Waals surface area contributed by atoms with E-state index in [1.165, 1.54) is 10.9 Å². The van der Waals surface area contributed by atoms with E-state index in [9.17, 15) is 9.59 Å². The van der Waals surface area contributed by atoms with Gasteiger partial charge in [0.25, 0.3) is 5.56 Å². The third kappa shape index (κ3) is 5.03. The molecule has 0 aliphatic carbocycles. The van der Waals surface area contributed by atoms with Gasteiger partial charge < -0.3 is 14.2 Å². The number of hydrogen-bond acceptors (Lipinski definition) is 7. The average molecular weight is 661 g/mol. The molecule has 1 aromatic heterocycles. The second-order valence-corrected chi connectivity index (χ2v) is 10.7. The van der Waals surface area contributed by atoms with Crippen molar-refractivity contribution in [2.75, 3.05) is 6.79 Å². The highest BCUT2D eigenvalue weighted by Gasteiger charge is 2.20. The van der Waals surface area contributed by atoms with Crippen LogP contribution in [0.3, 0.4) is 0 Å². The van der Waals surface area contributed by atoms with E-state index in [4.69, 9.17) is 19.2 Å². The molecule has 0 fully saturated rings. The van der Waals surface area contributed by atoms with Gasteiger partial charge in [-0.05, 0) is 65.3 Å². The second-order valence-electron chi connectivity index (χ2n) is 8.94. The fourth-order valence-electron chi connectivity index (χ4n) is 4.20. The van der Waals surface area contributed by atoms with Gasteiger partial charge in [-0.1, -0.05) is 57.9 Å². The number of aromatic nitrogens is 2. The number of esters is 1. The number of ether oxygens (including phenoxy) is 3. The number of fused-ring (bicyclic) bond motifs is 2. The lowest BCUT2D eigenvalue weighted by atomic mass is 10.1. The minimum absolute atomic E-state index is 0.0975. The van der Waals surface area contributed by atoms with Crippen molar-refractivity contribution in [2.45, 2.75) is 6.92 Å². The number of nitrogens with zero attached hydrogens (tertiary/aromatic N) is 3. The van der Waals surface area contributed by atoms with Crippen LogP contribution < -0.4 is 19.8 Å². The first kappa shape index (κ1) is 26.0. The summed E-state index contributed by atoms with van der Waals surface area (Å²) < 4.78 is 19.0. The van der Waals surface area contributed by atoms with E-state index in [1.807, 2.05) is 37.3 Å². The lowest BCUT2D eigenvalue weighted by molar-refractivity contribution is 0.0732. The van der Waals surface area contributed by atoms with Gasteiger partial charge in [0.1, 0.15) is 0 Å². The number of rotatable bonds is 5. The summed E-state index contributed by atoms with van der Waals surface area (Å²) in [5, 5.41) is 4.97. The van der Waals surface area contributed by atoms with E-state index in [0.29, 0.717) is 48.3 Å². The van der Waals surface area contributed by atoms with Gasteiger partial charge in [-0.2, -0.15) is 9.78 Å². The summed E-state index contributed by atoms with van der Waals surface area (Å²) in [5.74, 6) is 1.05. The van der Waals surface area contributed by atoms with Crippen LogP contribution in [0.15, 0.2) is 97.7 Å². The molecule has 0 amide bonds. The highest BCUT2D eigenvalue weighted by Crippen LogP contribution is 2.35. The SMILES string of the molecule is Cc1ccc(-c2nc3ccccc3c(=O)n2N=Cc2cc(Br)cc(Br)c2OC(=O)c2ccc3c(c2)OCO3)cc1. The van der Waals surface area contributed by atoms with Gasteiger partial charge in [0.2, 0.25) is 6.79 Å². The van der Waals surface area contributed by atoms with Crippen LogP contribution in [0.1, 0.15) is 21.5 Å². The lowest BCUT2D eigenvalue weighted by Crippen LogP contribution is -2.20. The first-order valence-electron chi connectivity index (χ1n) is 12.1. The quantitative estimate of drug-likeness (QED) is 0.118. The maximum Gasteiger partial charge on any atom is 0.343 e. The molecule has 6 rings (SSSR count). The largest absolute Gasteiger partial charge is 0.454 e. The molecule has 40 heavy (non-hydrogen) atoms. The van der Waals surface area contributed by atoms with Crippen molar-refractivity contribution in [3.8, 4) is 28.6 Å². The van der Waals surface area contributed by atoms with Crippen molar-refractivity contribution in [1.29, 1.82) is 0 Å². The smallest absolute Gasteiger partial charge is 0.343 e. The summed E-state index contributed by atoms with van der Waals surface area (Å²) in [4.78, 5) is 31.4. The summed E-state index contributed by atoms with van der Waals surface area (Å²) in [6.07, 6.45) is 1.47. The van der Waals surface area contributed by atoms with Gasteiger partial charge in [0.15, 0.2) is 23.1 Å². The zero-order valence-corrected chi connectivity index (χ0v) is 24.1. The van der Waals surface area contributed by atoms with Crippen LogP contribution in [0.5, 0.6) is 17.2 Å². The Morgan fingerprint density at radius 2 is 1.77 bits per heavy atom. The Morgan fingerprint density at radius 3 is 2.60 bits per heavy atom. The Bertz CT molecular complexity index is 1880. The van der Waals surface area contributed by atoms with Crippen LogP contribution >= 0.6 is 31.9 Å². The van der Waals surface area contributed by atoms with Crippen molar-refractivity contribution >= 4 is 54.9 Å². The van der Waals surface area contributed by atoms with Crippen molar-refractivity contribution in [3.63, 3.8) is 0 Å². The summed E-state index contributed by atoms with van der Waals surface area (Å²) >= 11 is 6.97. The number of benzene rings is 4. The van der Waals surface area contributed by atoms with Crippen LogP contribution in [0.4, 0.5) is 0 Å². The predicted octanol–water partition coefficient (Wildman–Crippen LogP) is 6.73. The van der Waals surface area contributed by atoms with Gasteiger partial charge >= 0.3 is 5.97 Å². The highest BCUT2D eigenvalue weighted by molar-refractivity contribution is 9.11. The molecule has 1 aliphatic heterocycles. The van der Waals surface area contributed by atoms with Crippen LogP contribution in [0, 0.1) is 6.92 Å². The molecule has 0 atom stereocenters. The summed E-state index contributed by atoms with van der Waals surface area (Å²) in [6, 6.07) is 23.1. The van der Waals surface area contributed by atoms with E-state index < -0.39 is 5.97 Å². The monoisotopic (exact) mass is 659 g/mol. The minimum Gasteiger partial charge on any atom is -0.454 e. The maximum absolute atomic E-state index is 13.6. The molecule has 0 N–H and O–H groups in total. The van der Waals surface area contributed by atoms with E-state index in [0.717, 1.165) is 11.1 Å². The number of hydrogen-bond donors (Lipinski definition) is 0. The third-order valence-electron chi connectivity index (χ3n) is 6.22. The Morgan fingerprint density at radius 1 is 1.00 bits per heavy atom. The van der Waals surface area contributed by atoms with E-state index in [-0.39, 0.29) is 18.1 Å². The number of halogens is 2. The van der Waals surface area contributed by atoms with Crippen LogP contribution in [0.25, 0.3) is 22.3 Å². The van der Waals surface area contributed by atoms with Gasteiger partial charge in [-0.25, -0.2) is 9.78 Å². The molecule has 5 aromatic rings. The molecule has 0 saturated carbocycles. The summed E-state index contributed by atoms with van der Waals surface area (Å²) in [6.45, 7) is 2.08. The molecule has 0 spiro atoms. The predicted molar refractivity (Wildman–Crippen MR) is 159 cm³/mol. The molecule has 1 aliphatic rings. The number of carbonyl (C=O) groups is 1. The lowest BCUT2D eigenvalue weighted by Gasteiger charge is -2.12. The molecule has 0 unspecified atom stereocenters. The molecule has 4 aromatic carbocycles. The third-order valence-corrected chi connectivity index (χ3v) is 7.26. The first-order valence-corrected chi connectivity index (χ1v) is 13.7. The Hall–Kier alpha value is -4.28. The van der Waals surface area contributed by atoms with E-state index in [2.05, 4.69) is 37.0 Å². The van der Waals surface area contributed by atoms with Crippen LogP contribution in [0.2, 0.25) is 0 Å². The molecule has 10 heteroatoms. The Balaban J connectivity index is 1.43. The summed E-state index contributed by atoms with van der Waals surface area (Å²) in [5.41, 5.74) is 2.79. The first-order chi connectivity index (χ1) is 19.4. The van der Waals surface area contributed by atoms with Crippen LogP contribution in [-0.2, 0) is 0 Å². The fraction of sp³-hybridized carbons (Fsp3) is 0.0667. The van der Waals surface area contributed by atoms with Crippen molar-refractivity contribution in [3.05, 3.63) is 115 Å². The molecule has 198 valence electrons. The van der Waals surface area contributed by atoms with E-state index in [1.54, 1.807) is 48.5 Å². The number of aryl methyl sites for hydroxylation is 1. The van der Waals surface area contributed by atoms with Crippen molar-refractivity contribution < 1.29 is 19.0 Å². The fourth-order valence-corrected chi connectivity index (χ4v) is 5.54. The van der Waals surface area contributed by atoms with Gasteiger partial charge in [0, 0.05) is 15.6 Å². The highest BCUT2D eigenvalue weighted by atomic mass is 79.9. The molecule has 0 radical (unpaired) electrons. The Labute approximate surface area is 245 Å². The number of para-hydroxylation sites is 1. The maximum atomic E-state index is 13.6. The van der Waals surface area contributed by atoms with Gasteiger partial charge in [-0.15, -0.1) is 0 Å². The normalized spacial score (nSPS) is 12.3.